The molecule has 19 heavy (non-hydrogen) atoms. The molecular formula is C13H23NO4S. The van der Waals surface area contributed by atoms with Gasteiger partial charge in [-0.15, -0.1) is 0 Å². The van der Waals surface area contributed by atoms with Crippen LogP contribution in [-0.2, 0) is 14.6 Å². The maximum absolute atomic E-state index is 11.6. The van der Waals surface area contributed by atoms with Gasteiger partial charge in [0, 0.05) is 12.1 Å². The highest BCUT2D eigenvalue weighted by Crippen LogP contribution is 2.31. The summed E-state index contributed by atoms with van der Waals surface area (Å²) in [6, 6.07) is 0.120. The molecule has 0 amide bonds. The van der Waals surface area contributed by atoms with Gasteiger partial charge in [-0.1, -0.05) is 19.8 Å². The second kappa shape index (κ2) is 5.79. The molecule has 1 aliphatic carbocycles. The van der Waals surface area contributed by atoms with E-state index in [1.165, 1.54) is 6.42 Å². The summed E-state index contributed by atoms with van der Waals surface area (Å²) in [6.45, 7) is 2.12. The molecule has 1 saturated carbocycles. The van der Waals surface area contributed by atoms with Crippen LogP contribution in [0.15, 0.2) is 0 Å². The van der Waals surface area contributed by atoms with E-state index in [1.54, 1.807) is 0 Å². The fourth-order valence-electron chi connectivity index (χ4n) is 3.50. The molecule has 0 aromatic heterocycles. The van der Waals surface area contributed by atoms with Crippen molar-refractivity contribution in [3.05, 3.63) is 0 Å². The molecule has 3 atom stereocenters. The zero-order valence-electron chi connectivity index (χ0n) is 11.4. The van der Waals surface area contributed by atoms with Gasteiger partial charge < -0.3 is 5.11 Å². The van der Waals surface area contributed by atoms with E-state index >= 15 is 0 Å². The van der Waals surface area contributed by atoms with Crippen molar-refractivity contribution in [3.63, 3.8) is 0 Å². The first-order valence-corrected chi connectivity index (χ1v) is 8.89. The zero-order valence-corrected chi connectivity index (χ0v) is 12.2. The number of carbonyl (C=O) groups is 1. The maximum Gasteiger partial charge on any atom is 0.317 e. The minimum atomic E-state index is -2.97. The minimum Gasteiger partial charge on any atom is -0.480 e. The first-order chi connectivity index (χ1) is 8.89. The predicted octanol–water partition coefficient (Wildman–Crippen LogP) is 1.14. The first-order valence-electron chi connectivity index (χ1n) is 7.07. The molecule has 1 N–H and O–H groups in total. The molecule has 2 aliphatic rings. The largest absolute Gasteiger partial charge is 0.480 e. The average molecular weight is 289 g/mol. The molecule has 6 heteroatoms. The quantitative estimate of drug-likeness (QED) is 0.840. The second-order valence-electron chi connectivity index (χ2n) is 5.95. The van der Waals surface area contributed by atoms with Crippen molar-refractivity contribution < 1.29 is 18.3 Å². The minimum absolute atomic E-state index is 0.0325. The lowest BCUT2D eigenvalue weighted by Gasteiger charge is -2.40. The summed E-state index contributed by atoms with van der Waals surface area (Å²) < 4.78 is 23.2. The van der Waals surface area contributed by atoms with E-state index in [1.807, 2.05) is 4.90 Å². The Balaban J connectivity index is 2.13. The van der Waals surface area contributed by atoms with Crippen molar-refractivity contribution in [2.24, 2.45) is 5.92 Å². The Morgan fingerprint density at radius 1 is 1.26 bits per heavy atom. The Morgan fingerprint density at radius 2 is 1.95 bits per heavy atom. The SMILES string of the molecule is CC1CCCCC1N(CC(=O)O)C1CCS(=O)(=O)C1. The molecule has 110 valence electrons. The van der Waals surface area contributed by atoms with Crippen LogP contribution < -0.4 is 0 Å². The Bertz CT molecular complexity index is 434. The highest BCUT2D eigenvalue weighted by molar-refractivity contribution is 7.91. The van der Waals surface area contributed by atoms with Crippen molar-refractivity contribution in [1.82, 2.24) is 4.90 Å². The number of carboxylic acid groups (broad SMARTS) is 1. The standard InChI is InChI=1S/C13H23NO4S/c1-10-4-2-3-5-12(10)14(8-13(15)16)11-6-7-19(17,18)9-11/h10-12H,2-9H2,1H3,(H,15,16). The van der Waals surface area contributed by atoms with Crippen molar-refractivity contribution in [2.45, 2.75) is 51.1 Å². The van der Waals surface area contributed by atoms with Crippen LogP contribution in [0, 0.1) is 5.92 Å². The van der Waals surface area contributed by atoms with E-state index in [2.05, 4.69) is 6.92 Å². The number of hydrogen-bond acceptors (Lipinski definition) is 4. The summed E-state index contributed by atoms with van der Waals surface area (Å²) in [5.74, 6) is -0.0725. The average Bonchev–Trinajstić information content (AvgIpc) is 2.67. The molecule has 0 bridgehead atoms. The van der Waals surface area contributed by atoms with E-state index in [-0.39, 0.29) is 30.1 Å². The molecule has 1 saturated heterocycles. The van der Waals surface area contributed by atoms with Gasteiger partial charge in [-0.05, 0) is 25.2 Å². The first kappa shape index (κ1) is 14.8. The lowest BCUT2D eigenvalue weighted by Crippen LogP contribution is -2.50. The van der Waals surface area contributed by atoms with E-state index in [0.717, 1.165) is 19.3 Å². The van der Waals surface area contributed by atoms with Crippen LogP contribution in [0.4, 0.5) is 0 Å². The fourth-order valence-corrected chi connectivity index (χ4v) is 5.24. The van der Waals surface area contributed by atoms with Gasteiger partial charge in [0.15, 0.2) is 9.84 Å². The highest BCUT2D eigenvalue weighted by Gasteiger charge is 2.38. The lowest BCUT2D eigenvalue weighted by atomic mass is 9.84. The summed E-state index contributed by atoms with van der Waals surface area (Å²) in [5.41, 5.74) is 0. The molecule has 0 spiro atoms. The van der Waals surface area contributed by atoms with Gasteiger partial charge in [0.25, 0.3) is 0 Å². The molecule has 2 rings (SSSR count). The Labute approximate surface area is 114 Å². The maximum atomic E-state index is 11.6. The summed E-state index contributed by atoms with van der Waals surface area (Å²) in [6.07, 6.45) is 5.00. The van der Waals surface area contributed by atoms with Gasteiger partial charge in [0.05, 0.1) is 18.1 Å². The predicted molar refractivity (Wildman–Crippen MR) is 72.8 cm³/mol. The third-order valence-electron chi connectivity index (χ3n) is 4.49. The Kier molecular flexibility index (Phi) is 4.50. The van der Waals surface area contributed by atoms with Crippen molar-refractivity contribution in [3.8, 4) is 0 Å². The van der Waals surface area contributed by atoms with Crippen LogP contribution in [0.3, 0.4) is 0 Å². The van der Waals surface area contributed by atoms with Crippen molar-refractivity contribution in [1.29, 1.82) is 0 Å². The second-order valence-corrected chi connectivity index (χ2v) is 8.18. The third kappa shape index (κ3) is 3.69. The van der Waals surface area contributed by atoms with Gasteiger partial charge >= 0.3 is 5.97 Å². The molecule has 1 aliphatic heterocycles. The molecule has 0 radical (unpaired) electrons. The summed E-state index contributed by atoms with van der Waals surface area (Å²) in [7, 11) is -2.97. The van der Waals surface area contributed by atoms with E-state index < -0.39 is 15.8 Å². The van der Waals surface area contributed by atoms with Crippen LogP contribution >= 0.6 is 0 Å². The lowest BCUT2D eigenvalue weighted by molar-refractivity contribution is -0.140. The normalized spacial score (nSPS) is 34.5. The molecule has 5 nitrogen and oxygen atoms in total. The van der Waals surface area contributed by atoms with E-state index in [9.17, 15) is 13.2 Å². The number of hydrogen-bond donors (Lipinski definition) is 1. The van der Waals surface area contributed by atoms with Crippen molar-refractivity contribution in [2.75, 3.05) is 18.1 Å². The monoisotopic (exact) mass is 289 g/mol. The van der Waals surface area contributed by atoms with Gasteiger partial charge in [-0.25, -0.2) is 8.42 Å². The fraction of sp³-hybridized carbons (Fsp3) is 0.923. The highest BCUT2D eigenvalue weighted by atomic mass is 32.2. The topological polar surface area (TPSA) is 74.7 Å². The van der Waals surface area contributed by atoms with Gasteiger partial charge in [-0.2, -0.15) is 0 Å². The molecule has 0 aromatic rings. The van der Waals surface area contributed by atoms with Crippen LogP contribution in [0.2, 0.25) is 0 Å². The molecule has 2 fully saturated rings. The summed E-state index contributed by atoms with van der Waals surface area (Å²) in [4.78, 5) is 13.0. The Morgan fingerprint density at radius 3 is 2.47 bits per heavy atom. The number of nitrogens with zero attached hydrogens (tertiary/aromatic N) is 1. The number of carboxylic acids is 1. The van der Waals surface area contributed by atoms with E-state index in [4.69, 9.17) is 5.11 Å². The van der Waals surface area contributed by atoms with Crippen molar-refractivity contribution >= 4 is 15.8 Å². The molecule has 1 heterocycles. The van der Waals surface area contributed by atoms with E-state index in [0.29, 0.717) is 12.3 Å². The molecule has 0 aromatic carbocycles. The van der Waals surface area contributed by atoms with Crippen LogP contribution in [0.25, 0.3) is 0 Å². The zero-order chi connectivity index (χ0) is 14.0. The smallest absolute Gasteiger partial charge is 0.317 e. The molecular weight excluding hydrogens is 266 g/mol. The Hall–Kier alpha value is -0.620. The van der Waals surface area contributed by atoms with Crippen LogP contribution in [0.1, 0.15) is 39.0 Å². The van der Waals surface area contributed by atoms with Gasteiger partial charge in [0.1, 0.15) is 0 Å². The summed E-state index contributed by atoms with van der Waals surface area (Å²) in [5, 5.41) is 9.10. The number of aliphatic carboxylic acids is 1. The number of sulfone groups is 1. The summed E-state index contributed by atoms with van der Waals surface area (Å²) >= 11 is 0. The third-order valence-corrected chi connectivity index (χ3v) is 6.24. The number of rotatable bonds is 4. The van der Waals surface area contributed by atoms with Gasteiger partial charge in [-0.3, -0.25) is 9.69 Å². The molecule has 3 unspecified atom stereocenters. The van der Waals surface area contributed by atoms with Crippen LogP contribution in [-0.4, -0.2) is 54.5 Å². The van der Waals surface area contributed by atoms with Crippen LogP contribution in [0.5, 0.6) is 0 Å². The van der Waals surface area contributed by atoms with Gasteiger partial charge in [0.2, 0.25) is 0 Å².